The molecule has 25 heavy (non-hydrogen) atoms. The summed E-state index contributed by atoms with van der Waals surface area (Å²) in [6.45, 7) is 0.208. The van der Waals surface area contributed by atoms with Gasteiger partial charge in [0.25, 0.3) is 5.91 Å². The van der Waals surface area contributed by atoms with E-state index < -0.39 is 11.9 Å². The van der Waals surface area contributed by atoms with Crippen molar-refractivity contribution in [2.45, 2.75) is 6.42 Å². The first-order valence-electron chi connectivity index (χ1n) is 7.52. The first-order chi connectivity index (χ1) is 12.0. The van der Waals surface area contributed by atoms with Crippen LogP contribution < -0.4 is 10.1 Å². The standard InChI is InChI=1S/C16H18N2O5S2/c1-22-12-4-2-11(3-5-12)8-15(21)23-9-13(19)17-6-7-18-14(20)10-25-16(18)24/h2-5H,6-10H2,1H3,(H,17,19). The van der Waals surface area contributed by atoms with Gasteiger partial charge >= 0.3 is 5.97 Å². The minimum Gasteiger partial charge on any atom is -0.497 e. The summed E-state index contributed by atoms with van der Waals surface area (Å²) in [5.74, 6) is 0.0670. The maximum absolute atomic E-state index is 11.7. The molecule has 0 atom stereocenters. The van der Waals surface area contributed by atoms with Crippen molar-refractivity contribution >= 4 is 46.1 Å². The van der Waals surface area contributed by atoms with Crippen LogP contribution in [0, 0.1) is 0 Å². The van der Waals surface area contributed by atoms with Gasteiger partial charge in [0.2, 0.25) is 5.91 Å². The van der Waals surface area contributed by atoms with Crippen LogP contribution >= 0.6 is 24.0 Å². The van der Waals surface area contributed by atoms with Crippen molar-refractivity contribution in [3.8, 4) is 5.75 Å². The van der Waals surface area contributed by atoms with Crippen LogP contribution in [0.3, 0.4) is 0 Å². The molecule has 1 aliphatic rings. The smallest absolute Gasteiger partial charge is 0.310 e. The average molecular weight is 382 g/mol. The number of benzene rings is 1. The monoisotopic (exact) mass is 382 g/mol. The fourth-order valence-electron chi connectivity index (χ4n) is 2.06. The predicted octanol–water partition coefficient (Wildman–Crippen LogP) is 0.757. The van der Waals surface area contributed by atoms with E-state index in [4.69, 9.17) is 21.7 Å². The number of amides is 2. The molecule has 9 heteroatoms. The van der Waals surface area contributed by atoms with Crippen LogP contribution in [0.5, 0.6) is 5.75 Å². The molecule has 1 aliphatic heterocycles. The molecule has 0 saturated carbocycles. The van der Waals surface area contributed by atoms with Gasteiger partial charge in [-0.2, -0.15) is 0 Å². The molecule has 1 saturated heterocycles. The lowest BCUT2D eigenvalue weighted by molar-refractivity contribution is -0.147. The Balaban J connectivity index is 1.64. The SMILES string of the molecule is COc1ccc(CC(=O)OCC(=O)NCCN2C(=O)CSC2=S)cc1. The van der Waals surface area contributed by atoms with E-state index in [0.29, 0.717) is 22.4 Å². The average Bonchev–Trinajstić information content (AvgIpc) is 2.92. The number of nitrogens with one attached hydrogen (secondary N) is 1. The van der Waals surface area contributed by atoms with E-state index in [2.05, 4.69) is 5.32 Å². The highest BCUT2D eigenvalue weighted by molar-refractivity contribution is 8.23. The largest absolute Gasteiger partial charge is 0.497 e. The molecule has 2 amide bonds. The van der Waals surface area contributed by atoms with Crippen molar-refractivity contribution in [3.63, 3.8) is 0 Å². The van der Waals surface area contributed by atoms with Gasteiger partial charge in [-0.3, -0.25) is 19.3 Å². The summed E-state index contributed by atoms with van der Waals surface area (Å²) in [7, 11) is 1.56. The molecular formula is C16H18N2O5S2. The topological polar surface area (TPSA) is 84.9 Å². The zero-order chi connectivity index (χ0) is 18.2. The first kappa shape index (κ1) is 19.2. The second-order valence-electron chi connectivity index (χ2n) is 5.14. The number of esters is 1. The van der Waals surface area contributed by atoms with Gasteiger partial charge in [-0.05, 0) is 17.7 Å². The van der Waals surface area contributed by atoms with Crippen molar-refractivity contribution in [3.05, 3.63) is 29.8 Å². The number of thioether (sulfide) groups is 1. The molecule has 0 aromatic heterocycles. The Hall–Kier alpha value is -2.13. The van der Waals surface area contributed by atoms with Crippen molar-refractivity contribution in [2.75, 3.05) is 32.6 Å². The summed E-state index contributed by atoms with van der Waals surface area (Å²) in [6, 6.07) is 7.01. The minimum absolute atomic E-state index is 0.0600. The maximum Gasteiger partial charge on any atom is 0.310 e. The Kier molecular flexibility index (Phi) is 7.20. The number of thiocarbonyl (C=S) groups is 1. The van der Waals surface area contributed by atoms with Crippen molar-refractivity contribution < 1.29 is 23.9 Å². The van der Waals surface area contributed by atoms with E-state index in [9.17, 15) is 14.4 Å². The molecule has 1 aromatic carbocycles. The van der Waals surface area contributed by atoms with E-state index in [1.165, 1.54) is 16.7 Å². The number of carbonyl (C=O) groups is 3. The number of hydrogen-bond acceptors (Lipinski definition) is 7. The predicted molar refractivity (Wildman–Crippen MR) is 97.4 cm³/mol. The Bertz CT molecular complexity index is 647. The number of nitrogens with zero attached hydrogens (tertiary/aromatic N) is 1. The third kappa shape index (κ3) is 6.02. The zero-order valence-electron chi connectivity index (χ0n) is 13.6. The summed E-state index contributed by atoms with van der Waals surface area (Å²) in [4.78, 5) is 36.4. The van der Waals surface area contributed by atoms with Crippen molar-refractivity contribution in [1.82, 2.24) is 10.2 Å². The minimum atomic E-state index is -0.493. The zero-order valence-corrected chi connectivity index (χ0v) is 15.3. The maximum atomic E-state index is 11.7. The summed E-state index contributed by atoms with van der Waals surface area (Å²) in [5, 5.41) is 2.59. The van der Waals surface area contributed by atoms with E-state index in [1.54, 1.807) is 31.4 Å². The lowest BCUT2D eigenvalue weighted by atomic mass is 10.1. The normalized spacial score (nSPS) is 13.7. The molecule has 0 unspecified atom stereocenters. The number of carbonyl (C=O) groups excluding carboxylic acids is 3. The van der Waals surface area contributed by atoms with E-state index in [-0.39, 0.29) is 25.5 Å². The Labute approximate surface area is 155 Å². The Morgan fingerprint density at radius 2 is 2.04 bits per heavy atom. The third-order valence-electron chi connectivity index (χ3n) is 3.37. The number of rotatable bonds is 8. The summed E-state index contributed by atoms with van der Waals surface area (Å²) >= 11 is 6.35. The van der Waals surface area contributed by atoms with E-state index in [1.807, 2.05) is 0 Å². The third-order valence-corrected chi connectivity index (χ3v) is 4.80. The van der Waals surface area contributed by atoms with Gasteiger partial charge in [0.05, 0.1) is 19.3 Å². The lowest BCUT2D eigenvalue weighted by Crippen LogP contribution is -2.38. The molecule has 0 spiro atoms. The first-order valence-corrected chi connectivity index (χ1v) is 8.91. The second-order valence-corrected chi connectivity index (χ2v) is 6.74. The number of methoxy groups -OCH3 is 1. The van der Waals surface area contributed by atoms with Gasteiger partial charge < -0.3 is 14.8 Å². The summed E-state index contributed by atoms with van der Waals surface area (Å²) in [6.07, 6.45) is 0.0745. The molecule has 0 radical (unpaired) electrons. The van der Waals surface area contributed by atoms with E-state index >= 15 is 0 Å². The Morgan fingerprint density at radius 3 is 2.64 bits per heavy atom. The fourth-order valence-corrected chi connectivity index (χ4v) is 3.18. The van der Waals surface area contributed by atoms with Gasteiger partial charge in [0.15, 0.2) is 6.61 Å². The van der Waals surface area contributed by atoms with Gasteiger partial charge in [0, 0.05) is 13.1 Å². The fraction of sp³-hybridized carbons (Fsp3) is 0.375. The van der Waals surface area contributed by atoms with Gasteiger partial charge in [-0.1, -0.05) is 36.1 Å². The molecule has 0 aliphatic carbocycles. The molecule has 134 valence electrons. The van der Waals surface area contributed by atoms with Crippen LogP contribution in [0.15, 0.2) is 24.3 Å². The molecule has 2 rings (SSSR count). The van der Waals surface area contributed by atoms with Crippen LogP contribution in [0.1, 0.15) is 5.56 Å². The Morgan fingerprint density at radius 1 is 1.32 bits per heavy atom. The van der Waals surface area contributed by atoms with Crippen LogP contribution in [-0.2, 0) is 25.5 Å². The van der Waals surface area contributed by atoms with Gasteiger partial charge in [0.1, 0.15) is 10.1 Å². The molecule has 1 heterocycles. The lowest BCUT2D eigenvalue weighted by Gasteiger charge is -2.15. The summed E-state index contributed by atoms with van der Waals surface area (Å²) in [5.41, 5.74) is 0.768. The van der Waals surface area contributed by atoms with E-state index in [0.717, 1.165) is 5.56 Å². The van der Waals surface area contributed by atoms with Gasteiger partial charge in [-0.15, -0.1) is 0 Å². The van der Waals surface area contributed by atoms with Crippen LogP contribution in [0.25, 0.3) is 0 Å². The highest BCUT2D eigenvalue weighted by Gasteiger charge is 2.25. The summed E-state index contributed by atoms with van der Waals surface area (Å²) < 4.78 is 10.5. The highest BCUT2D eigenvalue weighted by Crippen LogP contribution is 2.18. The number of ether oxygens (including phenoxy) is 2. The quantitative estimate of drug-likeness (QED) is 0.525. The molecule has 1 aromatic rings. The molecule has 1 fully saturated rings. The van der Waals surface area contributed by atoms with Crippen LogP contribution in [0.4, 0.5) is 0 Å². The van der Waals surface area contributed by atoms with Crippen LogP contribution in [0.2, 0.25) is 0 Å². The number of hydrogen-bond donors (Lipinski definition) is 1. The second kappa shape index (κ2) is 9.38. The molecule has 1 N–H and O–H groups in total. The molecule has 0 bridgehead atoms. The van der Waals surface area contributed by atoms with Gasteiger partial charge in [-0.25, -0.2) is 0 Å². The van der Waals surface area contributed by atoms with Crippen molar-refractivity contribution in [2.24, 2.45) is 0 Å². The highest BCUT2D eigenvalue weighted by atomic mass is 32.2. The van der Waals surface area contributed by atoms with Crippen LogP contribution in [-0.4, -0.2) is 59.6 Å². The molecular weight excluding hydrogens is 364 g/mol. The molecule has 7 nitrogen and oxygen atoms in total. The van der Waals surface area contributed by atoms with Crippen molar-refractivity contribution in [1.29, 1.82) is 0 Å².